The van der Waals surface area contributed by atoms with Crippen molar-refractivity contribution in [2.45, 2.75) is 19.9 Å². The smallest absolute Gasteiger partial charge is 0.239 e. The molecule has 0 aliphatic carbocycles. The lowest BCUT2D eigenvalue weighted by Crippen LogP contribution is -2.40. The van der Waals surface area contributed by atoms with Crippen LogP contribution in [0.5, 0.6) is 0 Å². The molecular weight excluding hydrogens is 422 g/mol. The minimum atomic E-state index is -0.460. The summed E-state index contributed by atoms with van der Waals surface area (Å²) in [7, 11) is 0. The van der Waals surface area contributed by atoms with Crippen LogP contribution in [0.25, 0.3) is 0 Å². The summed E-state index contributed by atoms with van der Waals surface area (Å²) in [6, 6.07) is 15.2. The van der Waals surface area contributed by atoms with Gasteiger partial charge in [0, 0.05) is 29.7 Å². The second kappa shape index (κ2) is 9.01. The van der Waals surface area contributed by atoms with Gasteiger partial charge in [-0.3, -0.25) is 14.4 Å². The maximum Gasteiger partial charge on any atom is 0.239 e. The number of halogens is 1. The molecule has 1 fully saturated rings. The van der Waals surface area contributed by atoms with Crippen molar-refractivity contribution in [3.05, 3.63) is 64.1 Å². The molecule has 1 atom stereocenters. The number of aryl methyl sites for hydroxylation is 1. The minimum absolute atomic E-state index is 0.0876. The standard InChI is InChI=1S/C21H22BrN3O3/c1-14-9-17(7-8-18(14)22)25-13-16(10-20(25)27)21(28)24-12-19(26)23-11-15-5-3-2-4-6-15/h2-9,16H,10-13H2,1H3,(H,23,26)(H,24,28). The summed E-state index contributed by atoms with van der Waals surface area (Å²) in [5.41, 5.74) is 2.79. The second-order valence-corrected chi connectivity index (χ2v) is 7.67. The molecule has 1 heterocycles. The van der Waals surface area contributed by atoms with E-state index < -0.39 is 5.92 Å². The summed E-state index contributed by atoms with van der Waals surface area (Å²) >= 11 is 3.44. The van der Waals surface area contributed by atoms with Crippen LogP contribution in [0.4, 0.5) is 5.69 Å². The monoisotopic (exact) mass is 443 g/mol. The van der Waals surface area contributed by atoms with Crippen LogP contribution in [0.1, 0.15) is 17.5 Å². The number of amides is 3. The number of nitrogens with one attached hydrogen (secondary N) is 2. The van der Waals surface area contributed by atoms with Crippen LogP contribution in [0.15, 0.2) is 53.0 Å². The number of anilines is 1. The Balaban J connectivity index is 1.49. The topological polar surface area (TPSA) is 78.5 Å². The van der Waals surface area contributed by atoms with Crippen LogP contribution in [0.3, 0.4) is 0 Å². The molecule has 146 valence electrons. The van der Waals surface area contributed by atoms with Crippen molar-refractivity contribution in [3.63, 3.8) is 0 Å². The molecule has 0 spiro atoms. The summed E-state index contributed by atoms with van der Waals surface area (Å²) in [5.74, 6) is -1.09. The molecule has 1 saturated heterocycles. The number of carbonyl (C=O) groups excluding carboxylic acids is 3. The van der Waals surface area contributed by atoms with Gasteiger partial charge < -0.3 is 15.5 Å². The van der Waals surface area contributed by atoms with E-state index in [1.54, 1.807) is 4.90 Å². The van der Waals surface area contributed by atoms with E-state index >= 15 is 0 Å². The van der Waals surface area contributed by atoms with Crippen molar-refractivity contribution in [1.29, 1.82) is 0 Å². The number of hydrogen-bond donors (Lipinski definition) is 2. The van der Waals surface area contributed by atoms with Crippen LogP contribution in [-0.2, 0) is 20.9 Å². The van der Waals surface area contributed by atoms with E-state index in [0.29, 0.717) is 13.1 Å². The molecule has 2 aromatic carbocycles. The molecule has 3 amide bonds. The van der Waals surface area contributed by atoms with Gasteiger partial charge in [-0.05, 0) is 36.2 Å². The zero-order chi connectivity index (χ0) is 20.1. The quantitative estimate of drug-likeness (QED) is 0.719. The van der Waals surface area contributed by atoms with E-state index in [1.807, 2.05) is 55.5 Å². The normalized spacial score (nSPS) is 16.1. The van der Waals surface area contributed by atoms with Gasteiger partial charge in [-0.25, -0.2) is 0 Å². The fourth-order valence-corrected chi connectivity index (χ4v) is 3.35. The molecule has 0 saturated carbocycles. The Morgan fingerprint density at radius 3 is 2.61 bits per heavy atom. The molecule has 28 heavy (non-hydrogen) atoms. The molecule has 2 N–H and O–H groups in total. The highest BCUT2D eigenvalue weighted by molar-refractivity contribution is 9.10. The Bertz CT molecular complexity index is 886. The van der Waals surface area contributed by atoms with E-state index in [2.05, 4.69) is 26.6 Å². The van der Waals surface area contributed by atoms with E-state index in [1.165, 1.54) is 0 Å². The lowest BCUT2D eigenvalue weighted by Gasteiger charge is -2.17. The molecular formula is C21H22BrN3O3. The van der Waals surface area contributed by atoms with Crippen LogP contribution in [0, 0.1) is 12.8 Å². The number of nitrogens with zero attached hydrogens (tertiary/aromatic N) is 1. The first-order valence-corrected chi connectivity index (χ1v) is 9.88. The van der Waals surface area contributed by atoms with Gasteiger partial charge in [0.2, 0.25) is 17.7 Å². The zero-order valence-electron chi connectivity index (χ0n) is 15.6. The third-order valence-corrected chi connectivity index (χ3v) is 5.59. The number of benzene rings is 2. The van der Waals surface area contributed by atoms with E-state index in [-0.39, 0.29) is 30.7 Å². The highest BCUT2D eigenvalue weighted by Gasteiger charge is 2.35. The van der Waals surface area contributed by atoms with Crippen molar-refractivity contribution in [2.75, 3.05) is 18.0 Å². The number of hydrogen-bond acceptors (Lipinski definition) is 3. The van der Waals surface area contributed by atoms with Crippen LogP contribution in [-0.4, -0.2) is 30.8 Å². The second-order valence-electron chi connectivity index (χ2n) is 6.82. The Hall–Kier alpha value is -2.67. The zero-order valence-corrected chi connectivity index (χ0v) is 17.2. The maximum atomic E-state index is 12.4. The van der Waals surface area contributed by atoms with E-state index in [0.717, 1.165) is 21.3 Å². The summed E-state index contributed by atoms with van der Waals surface area (Å²) in [4.78, 5) is 38.3. The van der Waals surface area contributed by atoms with Crippen LogP contribution in [0.2, 0.25) is 0 Å². The van der Waals surface area contributed by atoms with E-state index in [4.69, 9.17) is 0 Å². The van der Waals surface area contributed by atoms with Gasteiger partial charge in [-0.2, -0.15) is 0 Å². The SMILES string of the molecule is Cc1cc(N2CC(C(=O)NCC(=O)NCc3ccccc3)CC2=O)ccc1Br. The Morgan fingerprint density at radius 1 is 1.14 bits per heavy atom. The first kappa shape index (κ1) is 20.1. The van der Waals surface area contributed by atoms with Crippen molar-refractivity contribution in [1.82, 2.24) is 10.6 Å². The fraction of sp³-hybridized carbons (Fsp3) is 0.286. The summed E-state index contributed by atoms with van der Waals surface area (Å²) in [6.45, 7) is 2.58. The molecule has 1 aliphatic heterocycles. The van der Waals surface area contributed by atoms with Crippen molar-refractivity contribution < 1.29 is 14.4 Å². The van der Waals surface area contributed by atoms with Crippen molar-refractivity contribution >= 4 is 39.3 Å². The van der Waals surface area contributed by atoms with Gasteiger partial charge in [0.05, 0.1) is 12.5 Å². The molecule has 7 heteroatoms. The van der Waals surface area contributed by atoms with Gasteiger partial charge >= 0.3 is 0 Å². The largest absolute Gasteiger partial charge is 0.350 e. The molecule has 2 aromatic rings. The van der Waals surface area contributed by atoms with Gasteiger partial charge in [-0.1, -0.05) is 46.3 Å². The van der Waals surface area contributed by atoms with Crippen molar-refractivity contribution in [2.24, 2.45) is 5.92 Å². The molecule has 0 radical (unpaired) electrons. The number of carbonyl (C=O) groups is 3. The minimum Gasteiger partial charge on any atom is -0.350 e. The highest BCUT2D eigenvalue weighted by Crippen LogP contribution is 2.28. The maximum absolute atomic E-state index is 12.4. The Kier molecular flexibility index (Phi) is 6.46. The first-order chi connectivity index (χ1) is 13.4. The highest BCUT2D eigenvalue weighted by atomic mass is 79.9. The molecule has 6 nitrogen and oxygen atoms in total. The third-order valence-electron chi connectivity index (χ3n) is 4.70. The third kappa shape index (κ3) is 4.98. The first-order valence-electron chi connectivity index (χ1n) is 9.09. The predicted molar refractivity (Wildman–Crippen MR) is 111 cm³/mol. The summed E-state index contributed by atoms with van der Waals surface area (Å²) < 4.78 is 0.971. The van der Waals surface area contributed by atoms with Crippen LogP contribution < -0.4 is 15.5 Å². The molecule has 0 bridgehead atoms. The predicted octanol–water partition coefficient (Wildman–Crippen LogP) is 2.54. The van der Waals surface area contributed by atoms with E-state index in [9.17, 15) is 14.4 Å². The van der Waals surface area contributed by atoms with Crippen LogP contribution >= 0.6 is 15.9 Å². The summed E-state index contributed by atoms with van der Waals surface area (Å²) in [5, 5.41) is 5.40. The lowest BCUT2D eigenvalue weighted by atomic mass is 10.1. The average Bonchev–Trinajstić information content (AvgIpc) is 3.09. The Labute approximate surface area is 172 Å². The summed E-state index contributed by atoms with van der Waals surface area (Å²) in [6.07, 6.45) is 0.145. The van der Waals surface area contributed by atoms with Gasteiger partial charge in [0.25, 0.3) is 0 Å². The average molecular weight is 444 g/mol. The molecule has 1 aliphatic rings. The molecule has 3 rings (SSSR count). The van der Waals surface area contributed by atoms with Gasteiger partial charge in [0.1, 0.15) is 0 Å². The molecule has 1 unspecified atom stereocenters. The molecule has 0 aromatic heterocycles. The fourth-order valence-electron chi connectivity index (χ4n) is 3.10. The lowest BCUT2D eigenvalue weighted by molar-refractivity contribution is -0.129. The van der Waals surface area contributed by atoms with Crippen molar-refractivity contribution in [3.8, 4) is 0 Å². The Morgan fingerprint density at radius 2 is 1.89 bits per heavy atom. The number of rotatable bonds is 6. The van der Waals surface area contributed by atoms with Gasteiger partial charge in [-0.15, -0.1) is 0 Å². The van der Waals surface area contributed by atoms with Gasteiger partial charge in [0.15, 0.2) is 0 Å².